The number of hydrogen-bond donors (Lipinski definition) is 1. The van der Waals surface area contributed by atoms with Gasteiger partial charge in [-0.1, -0.05) is 30.3 Å². The minimum absolute atomic E-state index is 0.0968. The molecule has 142 valence electrons. The molecule has 6 nitrogen and oxygen atoms in total. The number of likely N-dealkylation sites (tertiary alicyclic amines) is 1. The highest BCUT2D eigenvalue weighted by molar-refractivity contribution is 5.82. The first-order valence-corrected chi connectivity index (χ1v) is 9.67. The second kappa shape index (κ2) is 8.64. The van der Waals surface area contributed by atoms with Gasteiger partial charge in [0.2, 0.25) is 11.8 Å². The average Bonchev–Trinajstić information content (AvgIpc) is 3.22. The van der Waals surface area contributed by atoms with E-state index in [1.807, 2.05) is 47.1 Å². The number of benzene rings is 1. The fourth-order valence-corrected chi connectivity index (χ4v) is 3.85. The second-order valence-corrected chi connectivity index (χ2v) is 7.35. The van der Waals surface area contributed by atoms with Crippen molar-refractivity contribution in [3.63, 3.8) is 0 Å². The molecular formula is C20H30N4O2. The van der Waals surface area contributed by atoms with Crippen molar-refractivity contribution < 1.29 is 9.59 Å². The monoisotopic (exact) mass is 358 g/mol. The molecule has 1 aromatic carbocycles. The maximum absolute atomic E-state index is 12.6. The van der Waals surface area contributed by atoms with E-state index in [0.717, 1.165) is 44.6 Å². The molecule has 2 aliphatic heterocycles. The first kappa shape index (κ1) is 18.9. The molecular weight excluding hydrogens is 328 g/mol. The van der Waals surface area contributed by atoms with Crippen molar-refractivity contribution in [2.75, 3.05) is 39.3 Å². The molecule has 0 saturated carbocycles. The van der Waals surface area contributed by atoms with Crippen LogP contribution in [0.5, 0.6) is 0 Å². The number of nitrogens with two attached hydrogens (primary N) is 1. The molecule has 0 aliphatic carbocycles. The quantitative estimate of drug-likeness (QED) is 0.860. The van der Waals surface area contributed by atoms with Crippen LogP contribution in [0.15, 0.2) is 30.3 Å². The molecule has 2 amide bonds. The molecule has 3 rings (SSSR count). The molecule has 26 heavy (non-hydrogen) atoms. The van der Waals surface area contributed by atoms with E-state index in [2.05, 4.69) is 4.90 Å². The summed E-state index contributed by atoms with van der Waals surface area (Å²) in [4.78, 5) is 31.2. The van der Waals surface area contributed by atoms with Gasteiger partial charge in [-0.05, 0) is 25.3 Å². The van der Waals surface area contributed by atoms with E-state index >= 15 is 0 Å². The summed E-state index contributed by atoms with van der Waals surface area (Å²) >= 11 is 0. The van der Waals surface area contributed by atoms with Crippen LogP contribution in [0.2, 0.25) is 0 Å². The van der Waals surface area contributed by atoms with Gasteiger partial charge in [0.1, 0.15) is 0 Å². The summed E-state index contributed by atoms with van der Waals surface area (Å²) in [5, 5.41) is 0. The zero-order valence-corrected chi connectivity index (χ0v) is 15.6. The fraction of sp³-hybridized carbons (Fsp3) is 0.600. The van der Waals surface area contributed by atoms with Crippen LogP contribution in [-0.2, 0) is 9.59 Å². The minimum Gasteiger partial charge on any atom is -0.341 e. The predicted molar refractivity (Wildman–Crippen MR) is 101 cm³/mol. The third-order valence-corrected chi connectivity index (χ3v) is 5.61. The molecule has 2 fully saturated rings. The lowest BCUT2D eigenvalue weighted by atomic mass is 10.0. The van der Waals surface area contributed by atoms with E-state index in [9.17, 15) is 9.59 Å². The van der Waals surface area contributed by atoms with Gasteiger partial charge >= 0.3 is 0 Å². The molecule has 2 heterocycles. The van der Waals surface area contributed by atoms with E-state index in [4.69, 9.17) is 5.73 Å². The smallest absolute Gasteiger partial charge is 0.239 e. The summed E-state index contributed by atoms with van der Waals surface area (Å²) in [5.41, 5.74) is 7.17. The molecule has 6 heteroatoms. The Bertz CT molecular complexity index is 607. The minimum atomic E-state index is -0.266. The number of hydrogen-bond acceptors (Lipinski definition) is 4. The van der Waals surface area contributed by atoms with Gasteiger partial charge in [-0.2, -0.15) is 0 Å². The second-order valence-electron chi connectivity index (χ2n) is 7.35. The Morgan fingerprint density at radius 3 is 2.19 bits per heavy atom. The molecule has 0 spiro atoms. The van der Waals surface area contributed by atoms with E-state index in [1.165, 1.54) is 0 Å². The number of nitrogens with zero attached hydrogens (tertiary/aromatic N) is 3. The third kappa shape index (κ3) is 4.43. The number of rotatable bonds is 5. The molecule has 0 aromatic heterocycles. The molecule has 0 radical (unpaired) electrons. The fourth-order valence-electron chi connectivity index (χ4n) is 3.85. The molecule has 0 bridgehead atoms. The summed E-state index contributed by atoms with van der Waals surface area (Å²) in [6, 6.07) is 9.38. The van der Waals surface area contributed by atoms with Crippen molar-refractivity contribution in [2.24, 2.45) is 5.73 Å². The van der Waals surface area contributed by atoms with E-state index in [-0.39, 0.29) is 23.9 Å². The lowest BCUT2D eigenvalue weighted by Gasteiger charge is -2.38. The highest BCUT2D eigenvalue weighted by atomic mass is 16.2. The Balaban J connectivity index is 1.47. The normalized spacial score (nSPS) is 20.8. The Hall–Kier alpha value is -1.92. The predicted octanol–water partition coefficient (Wildman–Crippen LogP) is 1.23. The van der Waals surface area contributed by atoms with Gasteiger partial charge in [-0.25, -0.2) is 0 Å². The van der Waals surface area contributed by atoms with Gasteiger partial charge < -0.3 is 15.5 Å². The zero-order valence-electron chi connectivity index (χ0n) is 15.6. The lowest BCUT2D eigenvalue weighted by Crippen LogP contribution is -2.55. The van der Waals surface area contributed by atoms with Crippen molar-refractivity contribution in [3.05, 3.63) is 35.9 Å². The van der Waals surface area contributed by atoms with E-state index in [1.54, 1.807) is 0 Å². The summed E-state index contributed by atoms with van der Waals surface area (Å²) < 4.78 is 0. The van der Waals surface area contributed by atoms with Crippen molar-refractivity contribution in [3.8, 4) is 0 Å². The zero-order chi connectivity index (χ0) is 18.5. The molecule has 2 unspecified atom stereocenters. The van der Waals surface area contributed by atoms with Gasteiger partial charge in [-0.3, -0.25) is 14.5 Å². The number of carbonyl (C=O) groups excluding carboxylic acids is 2. The Labute approximate surface area is 155 Å². The van der Waals surface area contributed by atoms with Crippen LogP contribution in [0.4, 0.5) is 0 Å². The highest BCUT2D eigenvalue weighted by Crippen LogP contribution is 2.17. The Morgan fingerprint density at radius 2 is 1.58 bits per heavy atom. The summed E-state index contributed by atoms with van der Waals surface area (Å²) in [5.74, 6) is 0.327. The van der Waals surface area contributed by atoms with Crippen molar-refractivity contribution in [1.82, 2.24) is 14.7 Å². The highest BCUT2D eigenvalue weighted by Gasteiger charge is 2.31. The van der Waals surface area contributed by atoms with Crippen molar-refractivity contribution >= 4 is 11.8 Å². The molecule has 2 N–H and O–H groups in total. The third-order valence-electron chi connectivity index (χ3n) is 5.61. The van der Waals surface area contributed by atoms with Gasteiger partial charge in [0.15, 0.2) is 0 Å². The summed E-state index contributed by atoms with van der Waals surface area (Å²) in [7, 11) is 0. The number of amides is 2. The topological polar surface area (TPSA) is 69.9 Å². The van der Waals surface area contributed by atoms with Crippen LogP contribution in [0.1, 0.15) is 37.8 Å². The molecule has 1 aromatic rings. The van der Waals surface area contributed by atoms with Crippen molar-refractivity contribution in [2.45, 2.75) is 38.3 Å². The van der Waals surface area contributed by atoms with Gasteiger partial charge in [0.25, 0.3) is 0 Å². The lowest BCUT2D eigenvalue weighted by molar-refractivity contribution is -0.138. The maximum Gasteiger partial charge on any atom is 0.239 e. The average molecular weight is 358 g/mol. The summed E-state index contributed by atoms with van der Waals surface area (Å²) in [6.07, 6.45) is 2.55. The van der Waals surface area contributed by atoms with Gasteiger partial charge in [-0.15, -0.1) is 0 Å². The van der Waals surface area contributed by atoms with Gasteiger partial charge in [0, 0.05) is 51.7 Å². The van der Waals surface area contributed by atoms with E-state index < -0.39 is 0 Å². The maximum atomic E-state index is 12.6. The van der Waals surface area contributed by atoms with Crippen LogP contribution in [0.3, 0.4) is 0 Å². The van der Waals surface area contributed by atoms with E-state index in [0.29, 0.717) is 19.5 Å². The van der Waals surface area contributed by atoms with Crippen LogP contribution in [0, 0.1) is 0 Å². The molecule has 2 saturated heterocycles. The van der Waals surface area contributed by atoms with Crippen LogP contribution < -0.4 is 5.73 Å². The van der Waals surface area contributed by atoms with Crippen LogP contribution >= 0.6 is 0 Å². The Kier molecular flexibility index (Phi) is 6.27. The van der Waals surface area contributed by atoms with Crippen molar-refractivity contribution in [1.29, 1.82) is 0 Å². The first-order chi connectivity index (χ1) is 12.6. The Morgan fingerprint density at radius 1 is 0.962 bits per heavy atom. The first-order valence-electron chi connectivity index (χ1n) is 9.67. The van der Waals surface area contributed by atoms with Crippen LogP contribution in [0.25, 0.3) is 0 Å². The largest absolute Gasteiger partial charge is 0.341 e. The SMILES string of the molecule is CC(C(=O)N1CCCC1)N1CCN(C(=O)CC(N)c2ccccc2)CC1. The number of carbonyl (C=O) groups is 2. The standard InChI is InChI=1S/C20H30N4O2/c1-16(20(26)24-9-5-6-10-24)22-11-13-23(14-12-22)19(25)15-18(21)17-7-3-2-4-8-17/h2-4,7-8,16,18H,5-6,9-15,21H2,1H3. The summed E-state index contributed by atoms with van der Waals surface area (Å²) in [6.45, 7) is 6.58. The molecule has 2 aliphatic rings. The van der Waals surface area contributed by atoms with Crippen LogP contribution in [-0.4, -0.2) is 71.8 Å². The number of piperazine rings is 1. The molecule has 2 atom stereocenters. The van der Waals surface area contributed by atoms with Gasteiger partial charge in [0.05, 0.1) is 6.04 Å².